The molecule has 0 bridgehead atoms. The van der Waals surface area contributed by atoms with E-state index in [-0.39, 0.29) is 0 Å². The summed E-state index contributed by atoms with van der Waals surface area (Å²) in [6.45, 7) is 11.8. The summed E-state index contributed by atoms with van der Waals surface area (Å²) in [5, 5.41) is 0. The highest BCUT2D eigenvalue weighted by Crippen LogP contribution is 2.29. The molecule has 3 heteroatoms. The Morgan fingerprint density at radius 3 is 2.31 bits per heavy atom. The first-order chi connectivity index (χ1) is 7.56. The van der Waals surface area contributed by atoms with Crippen molar-refractivity contribution in [3.63, 3.8) is 0 Å². The summed E-state index contributed by atoms with van der Waals surface area (Å²) >= 11 is 4.56. The van der Waals surface area contributed by atoms with Gasteiger partial charge in [0.15, 0.2) is 0 Å². The molecule has 0 aliphatic carbocycles. The topological polar surface area (TPSA) is 6.48 Å². The van der Waals surface area contributed by atoms with E-state index in [2.05, 4.69) is 50.2 Å². The molecule has 96 valence electrons. The van der Waals surface area contributed by atoms with Crippen molar-refractivity contribution < 1.29 is 0 Å². The lowest BCUT2D eigenvalue weighted by Gasteiger charge is -2.42. The number of likely N-dealkylation sites (N-methyl/N-ethyl adjacent to an activating group) is 1. The molecule has 16 heavy (non-hydrogen) atoms. The van der Waals surface area contributed by atoms with Crippen LogP contribution in [0.25, 0.3) is 0 Å². The minimum Gasteiger partial charge on any atom is -0.301 e. The first-order valence-electron chi connectivity index (χ1n) is 6.60. The Morgan fingerprint density at radius 1 is 1.25 bits per heavy atom. The van der Waals surface area contributed by atoms with Gasteiger partial charge in [-0.15, -0.1) is 0 Å². The third kappa shape index (κ3) is 3.38. The number of piperazine rings is 1. The largest absolute Gasteiger partial charge is 0.301 e. The maximum Gasteiger partial charge on any atom is 0.0192 e. The van der Waals surface area contributed by atoms with Gasteiger partial charge in [-0.25, -0.2) is 0 Å². The van der Waals surface area contributed by atoms with Gasteiger partial charge in [0.2, 0.25) is 0 Å². The summed E-state index contributed by atoms with van der Waals surface area (Å²) in [6.07, 6.45) is 2.49. The van der Waals surface area contributed by atoms with E-state index >= 15 is 0 Å². The number of hydrogen-bond acceptors (Lipinski definition) is 3. The highest BCUT2D eigenvalue weighted by Gasteiger charge is 2.30. The molecule has 0 aromatic heterocycles. The zero-order valence-electron chi connectivity index (χ0n) is 11.4. The third-order valence-corrected chi connectivity index (χ3v) is 5.11. The molecule has 1 atom stereocenters. The molecule has 1 heterocycles. The Balaban J connectivity index is 2.53. The molecule has 0 aromatic carbocycles. The number of rotatable bonds is 5. The molecule has 0 saturated carbocycles. The Bertz CT molecular complexity index is 196. The van der Waals surface area contributed by atoms with Crippen molar-refractivity contribution in [2.45, 2.75) is 39.7 Å². The van der Waals surface area contributed by atoms with Gasteiger partial charge < -0.3 is 4.90 Å². The fourth-order valence-electron chi connectivity index (χ4n) is 2.49. The fourth-order valence-corrected chi connectivity index (χ4v) is 3.04. The van der Waals surface area contributed by atoms with Gasteiger partial charge in [0.1, 0.15) is 0 Å². The van der Waals surface area contributed by atoms with Gasteiger partial charge in [0.05, 0.1) is 0 Å². The summed E-state index contributed by atoms with van der Waals surface area (Å²) < 4.78 is 0. The van der Waals surface area contributed by atoms with Crippen molar-refractivity contribution in [3.05, 3.63) is 0 Å². The summed E-state index contributed by atoms with van der Waals surface area (Å²) in [4.78, 5) is 5.09. The fraction of sp³-hybridized carbons (Fsp3) is 1.00. The lowest BCUT2D eigenvalue weighted by atomic mass is 9.83. The van der Waals surface area contributed by atoms with E-state index in [1.807, 2.05) is 0 Å². The van der Waals surface area contributed by atoms with Crippen LogP contribution < -0.4 is 0 Å². The monoisotopic (exact) mass is 244 g/mol. The van der Waals surface area contributed by atoms with Crippen LogP contribution in [0.15, 0.2) is 0 Å². The number of thiol groups is 1. The molecule has 0 spiro atoms. The quantitative estimate of drug-likeness (QED) is 0.742. The van der Waals surface area contributed by atoms with Crippen LogP contribution in [-0.4, -0.2) is 54.8 Å². The zero-order chi connectivity index (χ0) is 12.2. The molecular formula is C13H28N2S. The molecule has 0 radical (unpaired) electrons. The zero-order valence-corrected chi connectivity index (χ0v) is 12.3. The molecule has 1 saturated heterocycles. The first kappa shape index (κ1) is 14.3. The van der Waals surface area contributed by atoms with Gasteiger partial charge in [-0.3, -0.25) is 4.90 Å². The average Bonchev–Trinajstić information content (AvgIpc) is 2.31. The number of nitrogens with zero attached hydrogens (tertiary/aromatic N) is 2. The molecule has 0 aromatic rings. The second kappa shape index (κ2) is 6.27. The predicted octanol–water partition coefficient (Wildman–Crippen LogP) is 2.36. The van der Waals surface area contributed by atoms with Gasteiger partial charge in [0, 0.05) is 32.2 Å². The van der Waals surface area contributed by atoms with Crippen molar-refractivity contribution in [1.82, 2.24) is 9.80 Å². The van der Waals surface area contributed by atoms with E-state index in [1.165, 1.54) is 39.0 Å². The standard InChI is InChI=1S/C13H28N2S/c1-5-13(6-2,11-16)10-15-8-7-14(4)12(3)9-15/h12,16H,5-11H2,1-4H3. The lowest BCUT2D eigenvalue weighted by molar-refractivity contribution is 0.0685. The van der Waals surface area contributed by atoms with Crippen molar-refractivity contribution in [2.24, 2.45) is 5.41 Å². The van der Waals surface area contributed by atoms with Crippen LogP contribution in [0.2, 0.25) is 0 Å². The lowest BCUT2D eigenvalue weighted by Crippen LogP contribution is -2.53. The Labute approximate surface area is 107 Å². The highest BCUT2D eigenvalue weighted by molar-refractivity contribution is 7.80. The van der Waals surface area contributed by atoms with Gasteiger partial charge in [-0.2, -0.15) is 12.6 Å². The van der Waals surface area contributed by atoms with Crippen LogP contribution in [0.4, 0.5) is 0 Å². The summed E-state index contributed by atoms with van der Waals surface area (Å²) in [5.74, 6) is 1.01. The van der Waals surface area contributed by atoms with E-state index in [1.54, 1.807) is 0 Å². The van der Waals surface area contributed by atoms with Crippen molar-refractivity contribution in [3.8, 4) is 0 Å². The maximum atomic E-state index is 4.56. The maximum absolute atomic E-state index is 4.56. The summed E-state index contributed by atoms with van der Waals surface area (Å²) in [5.41, 5.74) is 0.429. The highest BCUT2D eigenvalue weighted by atomic mass is 32.1. The second-order valence-electron chi connectivity index (χ2n) is 5.43. The molecule has 0 N–H and O–H groups in total. The molecule has 0 amide bonds. The third-order valence-electron chi connectivity index (χ3n) is 4.44. The van der Waals surface area contributed by atoms with E-state index in [0.717, 1.165) is 5.75 Å². The van der Waals surface area contributed by atoms with Crippen LogP contribution in [0.5, 0.6) is 0 Å². The Kier molecular flexibility index (Phi) is 5.62. The van der Waals surface area contributed by atoms with E-state index in [9.17, 15) is 0 Å². The molecule has 1 fully saturated rings. The van der Waals surface area contributed by atoms with Gasteiger partial charge in [-0.05, 0) is 38.0 Å². The molecule has 1 rings (SSSR count). The van der Waals surface area contributed by atoms with Crippen molar-refractivity contribution in [1.29, 1.82) is 0 Å². The van der Waals surface area contributed by atoms with E-state index in [4.69, 9.17) is 0 Å². The molecular weight excluding hydrogens is 216 g/mol. The minimum absolute atomic E-state index is 0.429. The summed E-state index contributed by atoms with van der Waals surface area (Å²) in [7, 11) is 2.23. The predicted molar refractivity (Wildman–Crippen MR) is 75.4 cm³/mol. The smallest absolute Gasteiger partial charge is 0.0192 e. The van der Waals surface area contributed by atoms with Crippen LogP contribution in [0.3, 0.4) is 0 Å². The van der Waals surface area contributed by atoms with Crippen LogP contribution in [-0.2, 0) is 0 Å². The first-order valence-corrected chi connectivity index (χ1v) is 7.23. The molecule has 1 aliphatic rings. The van der Waals surface area contributed by atoms with Gasteiger partial charge in [-0.1, -0.05) is 13.8 Å². The number of hydrogen-bond donors (Lipinski definition) is 1. The van der Waals surface area contributed by atoms with Gasteiger partial charge >= 0.3 is 0 Å². The van der Waals surface area contributed by atoms with Crippen LogP contribution in [0.1, 0.15) is 33.6 Å². The van der Waals surface area contributed by atoms with Crippen molar-refractivity contribution >= 4 is 12.6 Å². The van der Waals surface area contributed by atoms with Crippen LogP contribution in [0, 0.1) is 5.41 Å². The Hall–Kier alpha value is 0.270. The van der Waals surface area contributed by atoms with E-state index < -0.39 is 0 Å². The minimum atomic E-state index is 0.429. The normalized spacial score (nSPS) is 24.9. The summed E-state index contributed by atoms with van der Waals surface area (Å²) in [6, 6.07) is 0.695. The molecule has 1 aliphatic heterocycles. The van der Waals surface area contributed by atoms with Gasteiger partial charge in [0.25, 0.3) is 0 Å². The average molecular weight is 244 g/mol. The molecule has 1 unspecified atom stereocenters. The Morgan fingerprint density at radius 2 is 1.88 bits per heavy atom. The van der Waals surface area contributed by atoms with E-state index in [0.29, 0.717) is 11.5 Å². The van der Waals surface area contributed by atoms with Crippen LogP contribution >= 0.6 is 12.6 Å². The molecule has 2 nitrogen and oxygen atoms in total. The SMILES string of the molecule is CCC(CC)(CS)CN1CCN(C)C(C)C1. The van der Waals surface area contributed by atoms with Crippen molar-refractivity contribution in [2.75, 3.05) is 39.0 Å². The second-order valence-corrected chi connectivity index (χ2v) is 5.75.